The summed E-state index contributed by atoms with van der Waals surface area (Å²) in [6.45, 7) is 5.08. The molecule has 0 saturated heterocycles. The molecule has 3 N–H and O–H groups in total. The van der Waals surface area contributed by atoms with Crippen LogP contribution in [0.4, 0.5) is 0 Å². The number of fused-ring (bicyclic) bond motifs is 1. The molecule has 8 heteroatoms. The molecular formula is C26H26N4O4. The van der Waals surface area contributed by atoms with Gasteiger partial charge < -0.3 is 19.6 Å². The third-order valence-electron chi connectivity index (χ3n) is 5.01. The standard InChI is InChI=1S/C26H26N4O4/c1-3-13-34-23-12-9-17(14-24(23)33-4-2)16-27-30-26(32)18-10-11-20-21(15-18)29-25(28-20)19-7-5-6-8-22(19)31/h5-12,14-16,31H,3-4,13H2,1-2H3,(H,28,29)(H,30,32)/b27-16+. The SMILES string of the molecule is CCCOc1ccc(/C=N/NC(=O)c2ccc3nc(-c4ccccc4O)[nH]c3c2)cc1OCC. The number of phenols is 1. The molecule has 0 saturated carbocycles. The van der Waals surface area contributed by atoms with Crippen molar-refractivity contribution in [3.63, 3.8) is 0 Å². The summed E-state index contributed by atoms with van der Waals surface area (Å²) in [6, 6.07) is 17.6. The van der Waals surface area contributed by atoms with Gasteiger partial charge in [-0.25, -0.2) is 10.4 Å². The first-order chi connectivity index (χ1) is 16.6. The van der Waals surface area contributed by atoms with Gasteiger partial charge in [0, 0.05) is 5.56 Å². The minimum atomic E-state index is -0.357. The average molecular weight is 459 g/mol. The molecule has 0 aliphatic heterocycles. The number of aromatic hydroxyl groups is 1. The Morgan fingerprint density at radius 3 is 2.74 bits per heavy atom. The summed E-state index contributed by atoms with van der Waals surface area (Å²) in [5, 5.41) is 14.1. The Bertz CT molecular complexity index is 1330. The van der Waals surface area contributed by atoms with E-state index in [4.69, 9.17) is 9.47 Å². The number of carbonyl (C=O) groups is 1. The van der Waals surface area contributed by atoms with Crippen LogP contribution in [0.3, 0.4) is 0 Å². The number of nitrogens with zero attached hydrogens (tertiary/aromatic N) is 2. The zero-order valence-corrected chi connectivity index (χ0v) is 19.0. The topological polar surface area (TPSA) is 109 Å². The summed E-state index contributed by atoms with van der Waals surface area (Å²) < 4.78 is 11.4. The van der Waals surface area contributed by atoms with Gasteiger partial charge in [-0.2, -0.15) is 5.10 Å². The Balaban J connectivity index is 1.47. The third-order valence-corrected chi connectivity index (χ3v) is 5.01. The first kappa shape index (κ1) is 22.8. The van der Waals surface area contributed by atoms with Crippen molar-refractivity contribution in [3.05, 3.63) is 71.8 Å². The largest absolute Gasteiger partial charge is 0.507 e. The van der Waals surface area contributed by atoms with Gasteiger partial charge in [-0.3, -0.25) is 4.79 Å². The summed E-state index contributed by atoms with van der Waals surface area (Å²) in [7, 11) is 0. The molecule has 0 spiro atoms. The van der Waals surface area contributed by atoms with Crippen LogP contribution in [0.25, 0.3) is 22.4 Å². The Labute approximate surface area is 197 Å². The number of carbonyl (C=O) groups excluding carboxylic acids is 1. The molecule has 0 aliphatic carbocycles. The van der Waals surface area contributed by atoms with E-state index in [1.807, 2.05) is 38.1 Å². The van der Waals surface area contributed by atoms with Gasteiger partial charge in [0.15, 0.2) is 11.5 Å². The Morgan fingerprint density at radius 1 is 1.09 bits per heavy atom. The number of hydrogen-bond donors (Lipinski definition) is 3. The number of imidazole rings is 1. The predicted molar refractivity (Wildman–Crippen MR) is 132 cm³/mol. The van der Waals surface area contributed by atoms with Gasteiger partial charge in [0.25, 0.3) is 5.91 Å². The molecule has 4 rings (SSSR count). The Morgan fingerprint density at radius 2 is 1.94 bits per heavy atom. The highest BCUT2D eigenvalue weighted by Crippen LogP contribution is 2.29. The van der Waals surface area contributed by atoms with E-state index in [9.17, 15) is 9.90 Å². The average Bonchev–Trinajstić information content (AvgIpc) is 3.27. The van der Waals surface area contributed by atoms with Crippen molar-refractivity contribution in [1.82, 2.24) is 15.4 Å². The van der Waals surface area contributed by atoms with E-state index in [0.29, 0.717) is 52.7 Å². The number of ether oxygens (including phenoxy) is 2. The molecule has 174 valence electrons. The van der Waals surface area contributed by atoms with Crippen molar-refractivity contribution in [2.45, 2.75) is 20.3 Å². The van der Waals surface area contributed by atoms with Crippen molar-refractivity contribution >= 4 is 23.2 Å². The van der Waals surface area contributed by atoms with E-state index in [0.717, 1.165) is 12.0 Å². The predicted octanol–water partition coefficient (Wildman–Crippen LogP) is 4.89. The van der Waals surface area contributed by atoms with Crippen LogP contribution < -0.4 is 14.9 Å². The lowest BCUT2D eigenvalue weighted by Crippen LogP contribution is -2.17. The van der Waals surface area contributed by atoms with Gasteiger partial charge in [-0.05, 0) is 67.4 Å². The van der Waals surface area contributed by atoms with Crippen LogP contribution in [0.2, 0.25) is 0 Å². The van der Waals surface area contributed by atoms with E-state index in [1.54, 1.807) is 42.6 Å². The van der Waals surface area contributed by atoms with Gasteiger partial charge in [0.05, 0.1) is 36.0 Å². The third kappa shape index (κ3) is 5.17. The normalized spacial score (nSPS) is 11.1. The molecule has 0 fully saturated rings. The fourth-order valence-electron chi connectivity index (χ4n) is 3.39. The molecule has 0 aliphatic rings. The second-order valence-electron chi connectivity index (χ2n) is 7.52. The van der Waals surface area contributed by atoms with Crippen LogP contribution in [0.1, 0.15) is 36.2 Å². The number of amides is 1. The Hall–Kier alpha value is -4.33. The number of para-hydroxylation sites is 1. The van der Waals surface area contributed by atoms with E-state index < -0.39 is 0 Å². The maximum atomic E-state index is 12.6. The summed E-state index contributed by atoms with van der Waals surface area (Å²) in [5.74, 6) is 1.62. The van der Waals surface area contributed by atoms with Crippen LogP contribution in [-0.4, -0.2) is 40.4 Å². The van der Waals surface area contributed by atoms with Gasteiger partial charge >= 0.3 is 0 Å². The van der Waals surface area contributed by atoms with E-state index in [2.05, 4.69) is 20.5 Å². The molecule has 34 heavy (non-hydrogen) atoms. The molecule has 0 atom stereocenters. The van der Waals surface area contributed by atoms with Crippen LogP contribution in [0, 0.1) is 0 Å². The van der Waals surface area contributed by atoms with E-state index in [-0.39, 0.29) is 11.7 Å². The van der Waals surface area contributed by atoms with Crippen LogP contribution >= 0.6 is 0 Å². The quantitative estimate of drug-likeness (QED) is 0.244. The number of aromatic amines is 1. The second kappa shape index (κ2) is 10.5. The molecule has 0 radical (unpaired) electrons. The number of nitrogens with one attached hydrogen (secondary N) is 2. The first-order valence-electron chi connectivity index (χ1n) is 11.1. The maximum Gasteiger partial charge on any atom is 0.271 e. The zero-order chi connectivity index (χ0) is 23.9. The fraction of sp³-hybridized carbons (Fsp3) is 0.192. The Kier molecular flexibility index (Phi) is 7.07. The maximum absolute atomic E-state index is 12.6. The van der Waals surface area contributed by atoms with E-state index >= 15 is 0 Å². The van der Waals surface area contributed by atoms with Crippen molar-refractivity contribution in [3.8, 4) is 28.6 Å². The zero-order valence-electron chi connectivity index (χ0n) is 19.0. The van der Waals surface area contributed by atoms with Gasteiger partial charge in [0.1, 0.15) is 11.6 Å². The molecule has 1 aromatic heterocycles. The molecular weight excluding hydrogens is 432 g/mol. The lowest BCUT2D eigenvalue weighted by molar-refractivity contribution is 0.0955. The number of phenolic OH excluding ortho intramolecular Hbond substituents is 1. The van der Waals surface area contributed by atoms with Gasteiger partial charge in [0.2, 0.25) is 0 Å². The van der Waals surface area contributed by atoms with Gasteiger partial charge in [-0.15, -0.1) is 0 Å². The summed E-state index contributed by atoms with van der Waals surface area (Å²) >= 11 is 0. The van der Waals surface area contributed by atoms with E-state index in [1.165, 1.54) is 0 Å². The van der Waals surface area contributed by atoms with Crippen LogP contribution in [0.15, 0.2) is 65.8 Å². The smallest absolute Gasteiger partial charge is 0.271 e. The van der Waals surface area contributed by atoms with Crippen molar-refractivity contribution in [2.24, 2.45) is 5.10 Å². The highest BCUT2D eigenvalue weighted by atomic mass is 16.5. The van der Waals surface area contributed by atoms with Gasteiger partial charge in [-0.1, -0.05) is 19.1 Å². The number of H-pyrrole nitrogens is 1. The van der Waals surface area contributed by atoms with Crippen molar-refractivity contribution in [1.29, 1.82) is 0 Å². The number of rotatable bonds is 9. The highest BCUT2D eigenvalue weighted by Gasteiger charge is 2.12. The minimum Gasteiger partial charge on any atom is -0.507 e. The first-order valence-corrected chi connectivity index (χ1v) is 11.1. The fourth-order valence-corrected chi connectivity index (χ4v) is 3.39. The summed E-state index contributed by atoms with van der Waals surface area (Å²) in [6.07, 6.45) is 2.45. The van der Waals surface area contributed by atoms with Crippen molar-refractivity contribution < 1.29 is 19.4 Å². The number of hydrogen-bond acceptors (Lipinski definition) is 6. The molecule has 3 aromatic carbocycles. The summed E-state index contributed by atoms with van der Waals surface area (Å²) in [4.78, 5) is 20.3. The monoisotopic (exact) mass is 458 g/mol. The number of hydrazone groups is 1. The molecule has 4 aromatic rings. The van der Waals surface area contributed by atoms with Crippen molar-refractivity contribution in [2.75, 3.05) is 13.2 Å². The molecule has 8 nitrogen and oxygen atoms in total. The second-order valence-corrected chi connectivity index (χ2v) is 7.52. The molecule has 1 amide bonds. The lowest BCUT2D eigenvalue weighted by Gasteiger charge is -2.11. The highest BCUT2D eigenvalue weighted by molar-refractivity contribution is 5.98. The lowest BCUT2D eigenvalue weighted by atomic mass is 10.2. The molecule has 1 heterocycles. The summed E-state index contributed by atoms with van der Waals surface area (Å²) in [5.41, 5.74) is 5.69. The van der Waals surface area contributed by atoms with Crippen LogP contribution in [-0.2, 0) is 0 Å². The van der Waals surface area contributed by atoms with Crippen LogP contribution in [0.5, 0.6) is 17.2 Å². The number of benzene rings is 3. The number of aromatic nitrogens is 2. The molecule has 0 bridgehead atoms. The minimum absolute atomic E-state index is 0.131. The molecule has 0 unspecified atom stereocenters.